The number of H-pyrrole nitrogens is 1. The lowest BCUT2D eigenvalue weighted by Gasteiger charge is -2.38. The fourth-order valence-electron chi connectivity index (χ4n) is 3.74. The van der Waals surface area contributed by atoms with E-state index in [0.29, 0.717) is 35.4 Å². The molecule has 2 aromatic heterocycles. The standard InChI is InChI=1S/C20H22N4O4S/c1-14-13-23(20(25)15-6-4-3-5-7-15)10-11-24(14)29(26,27)17-12-22-19-18(17)16(28-2)8-9-21-19/h3-9,12,14H,10-11,13H2,1-2H3,(H,21,22)/t14-/m1/s1. The minimum atomic E-state index is -3.80. The zero-order chi connectivity index (χ0) is 20.6. The summed E-state index contributed by atoms with van der Waals surface area (Å²) in [7, 11) is -2.30. The zero-order valence-corrected chi connectivity index (χ0v) is 17.0. The first kappa shape index (κ1) is 19.4. The minimum Gasteiger partial charge on any atom is -0.496 e. The van der Waals surface area contributed by atoms with Gasteiger partial charge in [-0.05, 0) is 25.1 Å². The molecule has 1 aliphatic heterocycles. The Labute approximate surface area is 169 Å². The predicted octanol–water partition coefficient (Wildman–Crippen LogP) is 2.11. The molecule has 1 atom stereocenters. The Hall–Kier alpha value is -2.91. The average Bonchev–Trinajstić information content (AvgIpc) is 3.19. The Morgan fingerprint density at radius 2 is 1.97 bits per heavy atom. The molecule has 1 aliphatic rings. The summed E-state index contributed by atoms with van der Waals surface area (Å²) in [5, 5.41) is 0.435. The Morgan fingerprint density at radius 3 is 2.66 bits per heavy atom. The summed E-state index contributed by atoms with van der Waals surface area (Å²) in [4.78, 5) is 21.6. The SMILES string of the molecule is COc1ccnc2[nH]cc(S(=O)(=O)N3CCN(C(=O)c4ccccc4)C[C@H]3C)c12. The summed E-state index contributed by atoms with van der Waals surface area (Å²) in [5.41, 5.74) is 1.05. The number of pyridine rings is 1. The van der Waals surface area contributed by atoms with Gasteiger partial charge in [0.15, 0.2) is 0 Å². The highest BCUT2D eigenvalue weighted by Gasteiger charge is 2.37. The molecule has 1 fully saturated rings. The third-order valence-electron chi connectivity index (χ3n) is 5.18. The number of hydrogen-bond acceptors (Lipinski definition) is 5. The molecule has 0 spiro atoms. The van der Waals surface area contributed by atoms with Crippen LogP contribution >= 0.6 is 0 Å². The highest BCUT2D eigenvalue weighted by molar-refractivity contribution is 7.89. The number of benzene rings is 1. The van der Waals surface area contributed by atoms with Crippen LogP contribution in [0.5, 0.6) is 5.75 Å². The van der Waals surface area contributed by atoms with E-state index in [-0.39, 0.29) is 23.4 Å². The molecular weight excluding hydrogens is 392 g/mol. The molecule has 9 heteroatoms. The molecule has 0 saturated carbocycles. The lowest BCUT2D eigenvalue weighted by atomic mass is 10.1. The maximum atomic E-state index is 13.4. The summed E-state index contributed by atoms with van der Waals surface area (Å²) in [5.74, 6) is 0.354. The van der Waals surface area contributed by atoms with Crippen LogP contribution in [0.15, 0.2) is 53.7 Å². The number of piperazine rings is 1. The molecule has 0 aliphatic carbocycles. The van der Waals surface area contributed by atoms with Crippen LogP contribution in [-0.2, 0) is 10.0 Å². The number of carbonyl (C=O) groups excluding carboxylic acids is 1. The summed E-state index contributed by atoms with van der Waals surface area (Å²) in [6, 6.07) is 10.3. The monoisotopic (exact) mass is 414 g/mol. The average molecular weight is 414 g/mol. The van der Waals surface area contributed by atoms with Crippen molar-refractivity contribution in [2.75, 3.05) is 26.7 Å². The van der Waals surface area contributed by atoms with Crippen LogP contribution in [0, 0.1) is 0 Å². The van der Waals surface area contributed by atoms with Gasteiger partial charge in [-0.15, -0.1) is 0 Å². The molecule has 152 valence electrons. The van der Waals surface area contributed by atoms with E-state index in [0.717, 1.165) is 0 Å². The van der Waals surface area contributed by atoms with E-state index in [1.165, 1.54) is 17.6 Å². The van der Waals surface area contributed by atoms with Crippen molar-refractivity contribution in [3.05, 3.63) is 54.4 Å². The topological polar surface area (TPSA) is 95.6 Å². The highest BCUT2D eigenvalue weighted by Crippen LogP contribution is 2.33. The molecule has 1 saturated heterocycles. The molecule has 1 amide bonds. The van der Waals surface area contributed by atoms with Crippen LogP contribution in [0.4, 0.5) is 0 Å². The Balaban J connectivity index is 1.61. The number of hydrogen-bond donors (Lipinski definition) is 1. The number of nitrogens with one attached hydrogen (secondary N) is 1. The normalized spacial score (nSPS) is 18.1. The van der Waals surface area contributed by atoms with Crippen LogP contribution in [0.25, 0.3) is 11.0 Å². The first-order chi connectivity index (χ1) is 13.9. The smallest absolute Gasteiger partial charge is 0.253 e. The number of nitrogens with zero attached hydrogens (tertiary/aromatic N) is 3. The molecule has 8 nitrogen and oxygen atoms in total. The van der Waals surface area contributed by atoms with E-state index in [4.69, 9.17) is 4.74 Å². The van der Waals surface area contributed by atoms with Crippen molar-refractivity contribution in [1.29, 1.82) is 0 Å². The second-order valence-electron chi connectivity index (χ2n) is 6.97. The molecule has 0 radical (unpaired) electrons. The van der Waals surface area contributed by atoms with Gasteiger partial charge in [0.2, 0.25) is 10.0 Å². The zero-order valence-electron chi connectivity index (χ0n) is 16.2. The van der Waals surface area contributed by atoms with Crippen LogP contribution < -0.4 is 4.74 Å². The third kappa shape index (κ3) is 3.36. The number of fused-ring (bicyclic) bond motifs is 1. The second-order valence-corrected chi connectivity index (χ2v) is 8.83. The van der Waals surface area contributed by atoms with Gasteiger partial charge in [-0.1, -0.05) is 18.2 Å². The molecule has 1 N–H and O–H groups in total. The molecule has 29 heavy (non-hydrogen) atoms. The van der Waals surface area contributed by atoms with E-state index in [1.807, 2.05) is 25.1 Å². The number of rotatable bonds is 4. The maximum Gasteiger partial charge on any atom is 0.253 e. The van der Waals surface area contributed by atoms with Gasteiger partial charge in [-0.3, -0.25) is 4.79 Å². The summed E-state index contributed by atoms with van der Waals surface area (Å²) < 4.78 is 33.6. The first-order valence-electron chi connectivity index (χ1n) is 9.29. The van der Waals surface area contributed by atoms with Crippen molar-refractivity contribution in [2.24, 2.45) is 0 Å². The Kier molecular flexibility index (Phi) is 5.01. The van der Waals surface area contributed by atoms with Crippen molar-refractivity contribution >= 4 is 27.0 Å². The van der Waals surface area contributed by atoms with Gasteiger partial charge in [0.1, 0.15) is 16.3 Å². The first-order valence-corrected chi connectivity index (χ1v) is 10.7. The van der Waals surface area contributed by atoms with Crippen LogP contribution in [0.3, 0.4) is 0 Å². The number of methoxy groups -OCH3 is 1. The van der Waals surface area contributed by atoms with E-state index in [1.54, 1.807) is 29.3 Å². The molecule has 1 aromatic carbocycles. The molecule has 3 heterocycles. The van der Waals surface area contributed by atoms with Crippen LogP contribution in [0.1, 0.15) is 17.3 Å². The summed E-state index contributed by atoms with van der Waals surface area (Å²) in [6.45, 7) is 2.68. The third-order valence-corrected chi connectivity index (χ3v) is 7.22. The van der Waals surface area contributed by atoms with Gasteiger partial charge in [0, 0.05) is 43.6 Å². The number of amides is 1. The van der Waals surface area contributed by atoms with Gasteiger partial charge in [-0.2, -0.15) is 4.31 Å². The van der Waals surface area contributed by atoms with E-state index < -0.39 is 10.0 Å². The van der Waals surface area contributed by atoms with E-state index in [9.17, 15) is 13.2 Å². The van der Waals surface area contributed by atoms with E-state index >= 15 is 0 Å². The van der Waals surface area contributed by atoms with Gasteiger partial charge in [0.25, 0.3) is 5.91 Å². The van der Waals surface area contributed by atoms with Crippen molar-refractivity contribution < 1.29 is 17.9 Å². The lowest BCUT2D eigenvalue weighted by molar-refractivity contribution is 0.0642. The molecule has 0 bridgehead atoms. The van der Waals surface area contributed by atoms with Gasteiger partial charge >= 0.3 is 0 Å². The number of aromatic amines is 1. The fourth-order valence-corrected chi connectivity index (χ4v) is 5.52. The molecule has 0 unspecified atom stereocenters. The van der Waals surface area contributed by atoms with Gasteiger partial charge in [-0.25, -0.2) is 13.4 Å². The summed E-state index contributed by atoms with van der Waals surface area (Å²) in [6.07, 6.45) is 3.01. The number of aromatic nitrogens is 2. The highest BCUT2D eigenvalue weighted by atomic mass is 32.2. The number of sulfonamides is 1. The lowest BCUT2D eigenvalue weighted by Crippen LogP contribution is -2.55. The van der Waals surface area contributed by atoms with Crippen molar-refractivity contribution in [2.45, 2.75) is 17.9 Å². The van der Waals surface area contributed by atoms with Gasteiger partial charge < -0.3 is 14.6 Å². The van der Waals surface area contributed by atoms with Crippen molar-refractivity contribution in [3.63, 3.8) is 0 Å². The molecule has 3 aromatic rings. The van der Waals surface area contributed by atoms with Gasteiger partial charge in [0.05, 0.1) is 12.5 Å². The second kappa shape index (κ2) is 7.49. The predicted molar refractivity (Wildman–Crippen MR) is 108 cm³/mol. The summed E-state index contributed by atoms with van der Waals surface area (Å²) >= 11 is 0. The minimum absolute atomic E-state index is 0.0903. The van der Waals surface area contributed by atoms with Crippen LogP contribution in [0.2, 0.25) is 0 Å². The number of ether oxygens (including phenoxy) is 1. The maximum absolute atomic E-state index is 13.4. The molecule has 4 rings (SSSR count). The Bertz CT molecular complexity index is 1140. The number of carbonyl (C=O) groups is 1. The van der Waals surface area contributed by atoms with Crippen molar-refractivity contribution in [1.82, 2.24) is 19.2 Å². The fraction of sp³-hybridized carbons (Fsp3) is 0.300. The van der Waals surface area contributed by atoms with E-state index in [2.05, 4.69) is 9.97 Å². The molecular formula is C20H22N4O4S. The quantitative estimate of drug-likeness (QED) is 0.705. The largest absolute Gasteiger partial charge is 0.496 e. The Morgan fingerprint density at radius 1 is 1.21 bits per heavy atom. The van der Waals surface area contributed by atoms with Crippen LogP contribution in [-0.4, -0.2) is 66.3 Å². The van der Waals surface area contributed by atoms with Crippen molar-refractivity contribution in [3.8, 4) is 5.75 Å².